The SMILES string of the molecule is O=C([O-])c1ccc2c(c1)C(=O)N(CCCCCCN1C(=O)c3ccc(C(=O)[O-])cc3C1=O)C2=O. The number of hydrogen-bond acceptors (Lipinski definition) is 8. The number of imide groups is 2. The fourth-order valence-electron chi connectivity index (χ4n) is 4.13. The van der Waals surface area contributed by atoms with Crippen LogP contribution in [-0.2, 0) is 0 Å². The van der Waals surface area contributed by atoms with Gasteiger partial charge < -0.3 is 19.8 Å². The predicted octanol–water partition coefficient (Wildman–Crippen LogP) is -0.134. The van der Waals surface area contributed by atoms with Crippen molar-refractivity contribution in [1.82, 2.24) is 9.80 Å². The third-order valence-corrected chi connectivity index (χ3v) is 5.93. The van der Waals surface area contributed by atoms with E-state index in [-0.39, 0.29) is 46.5 Å². The lowest BCUT2D eigenvalue weighted by Gasteiger charge is -2.15. The van der Waals surface area contributed by atoms with Gasteiger partial charge in [-0.2, -0.15) is 0 Å². The lowest BCUT2D eigenvalue weighted by Crippen LogP contribution is -2.31. The van der Waals surface area contributed by atoms with Crippen LogP contribution >= 0.6 is 0 Å². The van der Waals surface area contributed by atoms with Gasteiger partial charge in [-0.1, -0.05) is 25.0 Å². The third kappa shape index (κ3) is 3.94. The summed E-state index contributed by atoms with van der Waals surface area (Å²) in [4.78, 5) is 74.0. The summed E-state index contributed by atoms with van der Waals surface area (Å²) in [5.74, 6) is -4.92. The summed E-state index contributed by atoms with van der Waals surface area (Å²) in [6.45, 7) is 0.317. The van der Waals surface area contributed by atoms with Crippen molar-refractivity contribution in [2.45, 2.75) is 25.7 Å². The predicted molar refractivity (Wildman–Crippen MR) is 111 cm³/mol. The first-order valence-corrected chi connectivity index (χ1v) is 10.6. The van der Waals surface area contributed by atoms with E-state index >= 15 is 0 Å². The minimum atomic E-state index is -1.43. The number of amides is 4. The summed E-state index contributed by atoms with van der Waals surface area (Å²) in [6.07, 6.45) is 2.23. The number of aromatic carboxylic acids is 2. The molecule has 0 unspecified atom stereocenters. The van der Waals surface area contributed by atoms with Crippen LogP contribution in [0.4, 0.5) is 0 Å². The monoisotopic (exact) mass is 462 g/mol. The Bertz CT molecular complexity index is 1170. The Morgan fingerprint density at radius 2 is 0.912 bits per heavy atom. The van der Waals surface area contributed by atoms with Gasteiger partial charge in [0.15, 0.2) is 0 Å². The van der Waals surface area contributed by atoms with Gasteiger partial charge in [0.1, 0.15) is 0 Å². The van der Waals surface area contributed by atoms with E-state index in [4.69, 9.17) is 0 Å². The first-order chi connectivity index (χ1) is 16.2. The molecule has 0 saturated heterocycles. The van der Waals surface area contributed by atoms with Crippen molar-refractivity contribution in [3.63, 3.8) is 0 Å². The summed E-state index contributed by atoms with van der Waals surface area (Å²) < 4.78 is 0. The average molecular weight is 462 g/mol. The Morgan fingerprint density at radius 1 is 0.559 bits per heavy atom. The summed E-state index contributed by atoms with van der Waals surface area (Å²) in [6, 6.07) is 7.34. The van der Waals surface area contributed by atoms with Gasteiger partial charge in [-0.15, -0.1) is 0 Å². The van der Waals surface area contributed by atoms with E-state index in [1.54, 1.807) is 0 Å². The van der Waals surface area contributed by atoms with Crippen LogP contribution in [0.5, 0.6) is 0 Å². The fraction of sp³-hybridized carbons (Fsp3) is 0.250. The Labute approximate surface area is 193 Å². The molecule has 2 aliphatic heterocycles. The summed E-state index contributed by atoms with van der Waals surface area (Å²) in [5.41, 5.74) is 0.0414. The normalized spacial score (nSPS) is 14.6. The molecule has 2 aliphatic rings. The lowest BCUT2D eigenvalue weighted by molar-refractivity contribution is -0.256. The number of carbonyl (C=O) groups excluding carboxylic acids is 6. The standard InChI is InChI=1S/C24H20N2O8/c27-19-15-7-5-13(23(31)32)11-17(15)21(29)25(19)9-3-1-2-4-10-26-20(28)16-8-6-14(24(33)34)12-18(16)22(26)30/h5-8,11-12H,1-4,9-10H2,(H,31,32)(H,33,34)/p-2. The van der Waals surface area contributed by atoms with E-state index < -0.39 is 35.6 Å². The topological polar surface area (TPSA) is 155 Å². The Morgan fingerprint density at radius 3 is 1.26 bits per heavy atom. The van der Waals surface area contributed by atoms with Crippen molar-refractivity contribution < 1.29 is 39.0 Å². The van der Waals surface area contributed by atoms with Crippen molar-refractivity contribution in [1.29, 1.82) is 0 Å². The third-order valence-electron chi connectivity index (χ3n) is 5.93. The van der Waals surface area contributed by atoms with Crippen LogP contribution < -0.4 is 10.2 Å². The molecule has 0 N–H and O–H groups in total. The maximum Gasteiger partial charge on any atom is 0.261 e. The van der Waals surface area contributed by atoms with Crippen molar-refractivity contribution in [2.24, 2.45) is 0 Å². The van der Waals surface area contributed by atoms with Gasteiger partial charge in [-0.3, -0.25) is 29.0 Å². The highest BCUT2D eigenvalue weighted by molar-refractivity contribution is 6.22. The molecule has 4 rings (SSSR count). The molecule has 0 aliphatic carbocycles. The molecular formula is C24H18N2O8-2. The van der Waals surface area contributed by atoms with Crippen molar-refractivity contribution >= 4 is 35.6 Å². The highest BCUT2D eigenvalue weighted by atomic mass is 16.4. The minimum absolute atomic E-state index is 0.0409. The second kappa shape index (κ2) is 8.89. The van der Waals surface area contributed by atoms with E-state index in [0.717, 1.165) is 21.9 Å². The smallest absolute Gasteiger partial charge is 0.261 e. The molecule has 0 bridgehead atoms. The largest absolute Gasteiger partial charge is 0.545 e. The van der Waals surface area contributed by atoms with Crippen molar-refractivity contribution in [2.75, 3.05) is 13.1 Å². The van der Waals surface area contributed by atoms with Gasteiger partial charge in [0, 0.05) is 13.1 Å². The first kappa shape index (κ1) is 22.8. The Balaban J connectivity index is 1.26. The number of carbonyl (C=O) groups is 6. The van der Waals surface area contributed by atoms with Crippen LogP contribution in [0.3, 0.4) is 0 Å². The Hall–Kier alpha value is -4.34. The molecule has 10 nitrogen and oxygen atoms in total. The lowest BCUT2D eigenvalue weighted by atomic mass is 10.1. The van der Waals surface area contributed by atoms with E-state index in [0.29, 0.717) is 25.7 Å². The molecule has 174 valence electrons. The number of rotatable bonds is 9. The fourth-order valence-corrected chi connectivity index (χ4v) is 4.13. The molecule has 0 saturated carbocycles. The molecule has 34 heavy (non-hydrogen) atoms. The molecule has 2 aromatic carbocycles. The zero-order valence-electron chi connectivity index (χ0n) is 17.9. The molecule has 0 fully saturated rings. The van der Waals surface area contributed by atoms with Crippen molar-refractivity contribution in [3.05, 3.63) is 69.8 Å². The van der Waals surface area contributed by atoms with Gasteiger partial charge in [0.05, 0.1) is 34.2 Å². The zero-order valence-corrected chi connectivity index (χ0v) is 17.9. The van der Waals surface area contributed by atoms with Crippen LogP contribution in [-0.4, -0.2) is 58.5 Å². The number of carboxylic acid groups (broad SMARTS) is 2. The number of nitrogens with zero attached hydrogens (tertiary/aromatic N) is 2. The van der Waals surface area contributed by atoms with Crippen LogP contribution in [0.25, 0.3) is 0 Å². The molecule has 2 heterocycles. The molecule has 0 aromatic heterocycles. The number of hydrogen-bond donors (Lipinski definition) is 0. The van der Waals surface area contributed by atoms with Gasteiger partial charge in [-0.25, -0.2) is 0 Å². The quantitative estimate of drug-likeness (QED) is 0.369. The van der Waals surface area contributed by atoms with E-state index in [1.165, 1.54) is 24.3 Å². The van der Waals surface area contributed by atoms with Crippen molar-refractivity contribution in [3.8, 4) is 0 Å². The second-order valence-electron chi connectivity index (χ2n) is 8.03. The number of fused-ring (bicyclic) bond motifs is 2. The zero-order chi connectivity index (χ0) is 24.6. The van der Waals surface area contributed by atoms with Crippen LogP contribution in [0, 0.1) is 0 Å². The number of unbranched alkanes of at least 4 members (excludes halogenated alkanes) is 3. The second-order valence-corrected chi connectivity index (χ2v) is 8.03. The maximum absolute atomic E-state index is 12.5. The van der Waals surface area contributed by atoms with Crippen LogP contribution in [0.2, 0.25) is 0 Å². The summed E-state index contributed by atoms with van der Waals surface area (Å²) in [5, 5.41) is 22.0. The molecular weight excluding hydrogens is 444 g/mol. The molecule has 4 amide bonds. The van der Waals surface area contributed by atoms with E-state index in [1.807, 2.05) is 0 Å². The maximum atomic E-state index is 12.5. The van der Waals surface area contributed by atoms with E-state index in [2.05, 4.69) is 0 Å². The molecule has 0 atom stereocenters. The van der Waals surface area contributed by atoms with Gasteiger partial charge in [-0.05, 0) is 48.2 Å². The highest BCUT2D eigenvalue weighted by Gasteiger charge is 2.36. The minimum Gasteiger partial charge on any atom is -0.545 e. The first-order valence-electron chi connectivity index (χ1n) is 10.6. The van der Waals surface area contributed by atoms with Gasteiger partial charge >= 0.3 is 0 Å². The molecule has 10 heteroatoms. The van der Waals surface area contributed by atoms with Crippen LogP contribution in [0.1, 0.15) is 87.8 Å². The molecule has 0 spiro atoms. The number of carboxylic acids is 2. The molecule has 0 radical (unpaired) electrons. The molecule has 2 aromatic rings. The van der Waals surface area contributed by atoms with E-state index in [9.17, 15) is 39.0 Å². The summed E-state index contributed by atoms with van der Waals surface area (Å²) in [7, 11) is 0. The summed E-state index contributed by atoms with van der Waals surface area (Å²) >= 11 is 0. The van der Waals surface area contributed by atoms with Gasteiger partial charge in [0.2, 0.25) is 0 Å². The van der Waals surface area contributed by atoms with Gasteiger partial charge in [0.25, 0.3) is 23.6 Å². The average Bonchev–Trinajstić information content (AvgIpc) is 3.20. The Kier molecular flexibility index (Phi) is 5.97. The highest BCUT2D eigenvalue weighted by Crippen LogP contribution is 2.26. The van der Waals surface area contributed by atoms with Crippen LogP contribution in [0.15, 0.2) is 36.4 Å². The number of benzene rings is 2.